The van der Waals surface area contributed by atoms with Crippen LogP contribution in [-0.2, 0) is 33.7 Å². The number of allylic oxidation sites excluding steroid dienone is 1. The Labute approximate surface area is 134 Å². The molecule has 0 aromatic rings. The normalized spacial score (nSPS) is 37.7. The van der Waals surface area contributed by atoms with Gasteiger partial charge >= 0.3 is 0 Å². The van der Waals surface area contributed by atoms with E-state index in [4.69, 9.17) is 9.47 Å². The first kappa shape index (κ1) is 16.2. The molecule has 20 heavy (non-hydrogen) atoms. The SMILES string of the molecule is C[C@@H]1C=C2C(C)(C)C(=O)[CH-]C[C@]2(C)C2(C1)OCCO2.[Zn]. The minimum atomic E-state index is -0.537. The summed E-state index contributed by atoms with van der Waals surface area (Å²) in [6.07, 6.45) is 5.71. The molecule has 2 atom stereocenters. The molecule has 0 amide bonds. The van der Waals surface area contributed by atoms with E-state index < -0.39 is 11.2 Å². The molecule has 2 aliphatic carbocycles. The van der Waals surface area contributed by atoms with Crippen molar-refractivity contribution in [3.05, 3.63) is 18.1 Å². The van der Waals surface area contributed by atoms with Crippen LogP contribution in [0.1, 0.15) is 40.5 Å². The van der Waals surface area contributed by atoms with Gasteiger partial charge in [0, 0.05) is 42.5 Å². The molecule has 3 nitrogen and oxygen atoms in total. The minimum Gasteiger partial charge on any atom is -0.347 e. The minimum absolute atomic E-state index is 0. The molecule has 0 aromatic carbocycles. The number of carbonyl (C=O) groups is 1. The van der Waals surface area contributed by atoms with Crippen molar-refractivity contribution in [3.8, 4) is 0 Å². The first-order chi connectivity index (χ1) is 8.82. The maximum absolute atomic E-state index is 12.2. The van der Waals surface area contributed by atoms with Gasteiger partial charge in [-0.1, -0.05) is 39.3 Å². The van der Waals surface area contributed by atoms with Crippen molar-refractivity contribution in [2.45, 2.75) is 46.3 Å². The molecule has 1 saturated heterocycles. The van der Waals surface area contributed by atoms with Crippen LogP contribution in [0.5, 0.6) is 0 Å². The van der Waals surface area contributed by atoms with Crippen molar-refractivity contribution in [2.75, 3.05) is 13.2 Å². The monoisotopic (exact) mass is 327 g/mol. The topological polar surface area (TPSA) is 35.5 Å². The van der Waals surface area contributed by atoms with E-state index in [0.29, 0.717) is 25.6 Å². The molecule has 1 saturated carbocycles. The van der Waals surface area contributed by atoms with Gasteiger partial charge in [-0.15, -0.1) is 6.42 Å². The standard InChI is InChI=1S/C16H23O3.Zn/c1-11-9-12-14(2,3)13(17)5-6-15(12,4)16(10-11)18-7-8-19-16;/h5,9,11H,6-8,10H2,1-4H3;/q-1;/t11-,15+;/m1./s1. The first-order valence-corrected chi connectivity index (χ1v) is 7.20. The van der Waals surface area contributed by atoms with E-state index in [-0.39, 0.29) is 30.7 Å². The molecule has 0 bridgehead atoms. The van der Waals surface area contributed by atoms with Crippen LogP contribution in [0, 0.1) is 23.2 Å². The second-order valence-corrected chi connectivity index (χ2v) is 6.94. The van der Waals surface area contributed by atoms with E-state index in [2.05, 4.69) is 19.9 Å². The smallest absolute Gasteiger partial charge is 0.175 e. The van der Waals surface area contributed by atoms with Crippen LogP contribution in [0.15, 0.2) is 11.6 Å². The van der Waals surface area contributed by atoms with Crippen LogP contribution in [0.3, 0.4) is 0 Å². The molecule has 108 valence electrons. The van der Waals surface area contributed by atoms with E-state index in [1.807, 2.05) is 20.3 Å². The summed E-state index contributed by atoms with van der Waals surface area (Å²) in [7, 11) is 0. The summed E-state index contributed by atoms with van der Waals surface area (Å²) in [6, 6.07) is 0. The fourth-order valence-corrected chi connectivity index (χ4v) is 4.12. The zero-order chi connectivity index (χ0) is 13.9. The third kappa shape index (κ3) is 1.95. The number of hydrogen-bond acceptors (Lipinski definition) is 3. The molecule has 0 radical (unpaired) electrons. The molecule has 0 aromatic heterocycles. The fourth-order valence-electron chi connectivity index (χ4n) is 4.12. The van der Waals surface area contributed by atoms with Crippen LogP contribution >= 0.6 is 0 Å². The number of carbonyl (C=O) groups excluding carboxylic acids is 1. The second kappa shape index (κ2) is 4.93. The van der Waals surface area contributed by atoms with Gasteiger partial charge in [0.1, 0.15) is 0 Å². The molecular formula is C16H23O3Zn-. The van der Waals surface area contributed by atoms with Crippen LogP contribution in [0.2, 0.25) is 0 Å². The van der Waals surface area contributed by atoms with E-state index >= 15 is 0 Å². The summed E-state index contributed by atoms with van der Waals surface area (Å²) in [5.41, 5.74) is 0.547. The number of ketones is 1. The molecule has 4 heteroatoms. The fraction of sp³-hybridized carbons (Fsp3) is 0.750. The maximum atomic E-state index is 12.2. The van der Waals surface area contributed by atoms with Crippen molar-refractivity contribution < 1.29 is 33.7 Å². The number of hydrogen-bond donors (Lipinski definition) is 0. The van der Waals surface area contributed by atoms with Crippen LogP contribution in [-0.4, -0.2) is 24.8 Å². The molecule has 3 rings (SSSR count). The molecule has 3 aliphatic rings. The Morgan fingerprint density at radius 2 is 1.85 bits per heavy atom. The van der Waals surface area contributed by atoms with Crippen molar-refractivity contribution >= 4 is 5.78 Å². The Bertz CT molecular complexity index is 449. The van der Waals surface area contributed by atoms with Gasteiger partial charge in [0.05, 0.1) is 13.2 Å². The second-order valence-electron chi connectivity index (χ2n) is 6.94. The summed E-state index contributed by atoms with van der Waals surface area (Å²) >= 11 is 0. The van der Waals surface area contributed by atoms with E-state index in [1.165, 1.54) is 5.57 Å². The summed E-state index contributed by atoms with van der Waals surface area (Å²) in [5, 5.41) is 0. The number of Topliss-reactive ketones (excluding diaryl/α,β-unsaturated/α-hetero) is 1. The van der Waals surface area contributed by atoms with Crippen LogP contribution in [0.4, 0.5) is 0 Å². The molecule has 1 aliphatic heterocycles. The molecule has 2 fully saturated rings. The first-order valence-electron chi connectivity index (χ1n) is 7.20. The predicted octanol–water partition coefficient (Wildman–Crippen LogP) is 2.90. The van der Waals surface area contributed by atoms with Crippen molar-refractivity contribution in [1.82, 2.24) is 0 Å². The van der Waals surface area contributed by atoms with E-state index in [0.717, 1.165) is 6.42 Å². The van der Waals surface area contributed by atoms with Gasteiger partial charge in [-0.2, -0.15) is 0 Å². The molecule has 0 unspecified atom stereocenters. The Balaban J connectivity index is 0.00000147. The number of ether oxygens (including phenoxy) is 2. The van der Waals surface area contributed by atoms with Gasteiger partial charge in [-0.25, -0.2) is 0 Å². The van der Waals surface area contributed by atoms with Crippen molar-refractivity contribution in [3.63, 3.8) is 0 Å². The van der Waals surface area contributed by atoms with E-state index in [9.17, 15) is 4.79 Å². The Morgan fingerprint density at radius 1 is 1.25 bits per heavy atom. The zero-order valence-electron chi connectivity index (χ0n) is 13.0. The number of rotatable bonds is 0. The van der Waals surface area contributed by atoms with Gasteiger partial charge in [0.25, 0.3) is 0 Å². The maximum Gasteiger partial charge on any atom is 0.175 e. The van der Waals surface area contributed by atoms with Crippen LogP contribution in [0.25, 0.3) is 0 Å². The largest absolute Gasteiger partial charge is 0.347 e. The van der Waals surface area contributed by atoms with Crippen molar-refractivity contribution in [1.29, 1.82) is 0 Å². The summed E-state index contributed by atoms with van der Waals surface area (Å²) < 4.78 is 12.1. The summed E-state index contributed by atoms with van der Waals surface area (Å²) in [5.74, 6) is 0.0650. The Morgan fingerprint density at radius 3 is 2.45 bits per heavy atom. The van der Waals surface area contributed by atoms with Gasteiger partial charge in [0.2, 0.25) is 0 Å². The van der Waals surface area contributed by atoms with Gasteiger partial charge < -0.3 is 20.7 Å². The third-order valence-corrected chi connectivity index (χ3v) is 5.22. The molecule has 1 heterocycles. The molecule has 1 spiro atoms. The van der Waals surface area contributed by atoms with Gasteiger partial charge in [-0.05, 0) is 5.92 Å². The molecular weight excluding hydrogens is 306 g/mol. The van der Waals surface area contributed by atoms with E-state index in [1.54, 1.807) is 0 Å². The quantitative estimate of drug-likeness (QED) is 0.390. The average molecular weight is 329 g/mol. The average Bonchev–Trinajstić information content (AvgIpc) is 2.79. The van der Waals surface area contributed by atoms with Crippen molar-refractivity contribution in [2.24, 2.45) is 16.7 Å². The Hall–Kier alpha value is -0.177. The number of fused-ring (bicyclic) bond motifs is 2. The summed E-state index contributed by atoms with van der Waals surface area (Å²) in [6.45, 7) is 9.73. The predicted molar refractivity (Wildman–Crippen MR) is 72.3 cm³/mol. The Kier molecular flexibility index (Phi) is 3.99. The van der Waals surface area contributed by atoms with Gasteiger partial charge in [-0.3, -0.25) is 0 Å². The zero-order valence-corrected chi connectivity index (χ0v) is 16.0. The summed E-state index contributed by atoms with van der Waals surface area (Å²) in [4.78, 5) is 12.2. The third-order valence-electron chi connectivity index (χ3n) is 5.22. The van der Waals surface area contributed by atoms with Crippen LogP contribution < -0.4 is 0 Å². The molecule has 0 N–H and O–H groups in total. The van der Waals surface area contributed by atoms with Gasteiger partial charge in [0.15, 0.2) is 5.79 Å².